The molecule has 0 saturated heterocycles. The largest absolute Gasteiger partial charge is 0.361 e. The third kappa shape index (κ3) is 5.64. The van der Waals surface area contributed by atoms with E-state index in [1.54, 1.807) is 0 Å². The fourth-order valence-electron chi connectivity index (χ4n) is 7.05. The number of nitrogens with zero attached hydrogens (tertiary/aromatic N) is 1. The van der Waals surface area contributed by atoms with Gasteiger partial charge in [-0.15, -0.1) is 22.7 Å². The molecule has 0 spiro atoms. The van der Waals surface area contributed by atoms with E-state index < -0.39 is 0 Å². The number of hydrogen-bond acceptors (Lipinski definition) is 3. The van der Waals surface area contributed by atoms with Crippen molar-refractivity contribution in [3.8, 4) is 22.3 Å². The van der Waals surface area contributed by atoms with Crippen LogP contribution in [-0.2, 0) is 6.42 Å². The van der Waals surface area contributed by atoms with E-state index in [0.717, 1.165) is 13.0 Å². The summed E-state index contributed by atoms with van der Waals surface area (Å²) in [6, 6.07) is 38.7. The molecular formula is C45H37NS2. The first-order valence-electron chi connectivity index (χ1n) is 16.6. The summed E-state index contributed by atoms with van der Waals surface area (Å²) in [5.74, 6) is 0. The first-order valence-corrected chi connectivity index (χ1v) is 18.3. The number of thiophene rings is 2. The Morgan fingerprint density at radius 1 is 0.708 bits per heavy atom. The zero-order chi connectivity index (χ0) is 32.6. The maximum absolute atomic E-state index is 3.82. The SMILES string of the molecule is C=C/C=C\C=C/C(C)N1C/C=C\c2c(sc3ccccc23)Cc2ccc(-c3cccc(-c4cc(C)c5sc6ccccc6c5c4)c3)cc21. The highest BCUT2D eigenvalue weighted by atomic mass is 32.1. The molecule has 48 heavy (non-hydrogen) atoms. The van der Waals surface area contributed by atoms with E-state index in [0.29, 0.717) is 0 Å². The summed E-state index contributed by atoms with van der Waals surface area (Å²) >= 11 is 3.82. The minimum absolute atomic E-state index is 0.201. The second kappa shape index (κ2) is 12.9. The Morgan fingerprint density at radius 3 is 2.29 bits per heavy atom. The zero-order valence-corrected chi connectivity index (χ0v) is 29.0. The van der Waals surface area contributed by atoms with Gasteiger partial charge in [-0.2, -0.15) is 0 Å². The van der Waals surface area contributed by atoms with Crippen molar-refractivity contribution in [3.05, 3.63) is 168 Å². The molecule has 3 heteroatoms. The van der Waals surface area contributed by atoms with Gasteiger partial charge in [-0.3, -0.25) is 0 Å². The molecule has 1 aliphatic rings. The predicted molar refractivity (Wildman–Crippen MR) is 214 cm³/mol. The molecule has 3 heterocycles. The van der Waals surface area contributed by atoms with Gasteiger partial charge in [0, 0.05) is 54.4 Å². The van der Waals surface area contributed by atoms with Gasteiger partial charge < -0.3 is 4.90 Å². The van der Waals surface area contributed by atoms with Crippen LogP contribution in [0.25, 0.3) is 58.6 Å². The first kappa shape index (κ1) is 30.4. The minimum atomic E-state index is 0.201. The summed E-state index contributed by atoms with van der Waals surface area (Å²) in [5.41, 5.74) is 10.3. The molecule has 5 aromatic carbocycles. The van der Waals surface area contributed by atoms with E-state index in [2.05, 4.69) is 159 Å². The van der Waals surface area contributed by atoms with Crippen molar-refractivity contribution in [3.63, 3.8) is 0 Å². The maximum Gasteiger partial charge on any atom is 0.0451 e. The minimum Gasteiger partial charge on any atom is -0.361 e. The second-order valence-corrected chi connectivity index (χ2v) is 14.8. The lowest BCUT2D eigenvalue weighted by atomic mass is 9.94. The van der Waals surface area contributed by atoms with Gasteiger partial charge in [0.05, 0.1) is 0 Å². The van der Waals surface area contributed by atoms with Gasteiger partial charge in [-0.05, 0) is 94.6 Å². The van der Waals surface area contributed by atoms with Crippen LogP contribution in [0.2, 0.25) is 0 Å². The van der Waals surface area contributed by atoms with E-state index in [9.17, 15) is 0 Å². The summed E-state index contributed by atoms with van der Waals surface area (Å²) in [5, 5.41) is 4.04. The van der Waals surface area contributed by atoms with Gasteiger partial charge in [0.2, 0.25) is 0 Å². The van der Waals surface area contributed by atoms with Gasteiger partial charge in [0.15, 0.2) is 0 Å². The Balaban J connectivity index is 1.22. The Labute approximate surface area is 291 Å². The van der Waals surface area contributed by atoms with Gasteiger partial charge in [0.25, 0.3) is 0 Å². The van der Waals surface area contributed by atoms with E-state index >= 15 is 0 Å². The third-order valence-electron chi connectivity index (χ3n) is 9.48. The topological polar surface area (TPSA) is 3.24 Å². The molecular weight excluding hydrogens is 619 g/mol. The molecule has 0 fully saturated rings. The van der Waals surface area contributed by atoms with Crippen LogP contribution >= 0.6 is 22.7 Å². The van der Waals surface area contributed by atoms with Crippen LogP contribution in [0.1, 0.15) is 28.5 Å². The molecule has 1 aliphatic heterocycles. The number of anilines is 1. The van der Waals surface area contributed by atoms with Crippen molar-refractivity contribution in [1.29, 1.82) is 0 Å². The third-order valence-corrected chi connectivity index (χ3v) is 12.0. The van der Waals surface area contributed by atoms with Gasteiger partial charge in [-0.25, -0.2) is 0 Å². The molecule has 0 amide bonds. The van der Waals surface area contributed by atoms with Crippen LogP contribution in [0.5, 0.6) is 0 Å². The molecule has 0 bridgehead atoms. The lowest BCUT2D eigenvalue weighted by molar-refractivity contribution is 0.780. The normalized spacial score (nSPS) is 14.7. The highest BCUT2D eigenvalue weighted by Crippen LogP contribution is 2.41. The van der Waals surface area contributed by atoms with E-state index in [-0.39, 0.29) is 6.04 Å². The Morgan fingerprint density at radius 2 is 1.46 bits per heavy atom. The summed E-state index contributed by atoms with van der Waals surface area (Å²) in [6.45, 7) is 9.18. The molecule has 1 unspecified atom stereocenters. The number of fused-ring (bicyclic) bond motifs is 7. The molecule has 234 valence electrons. The molecule has 0 N–H and O–H groups in total. The lowest BCUT2D eigenvalue weighted by Gasteiger charge is -2.31. The van der Waals surface area contributed by atoms with Crippen molar-refractivity contribution < 1.29 is 0 Å². The lowest BCUT2D eigenvalue weighted by Crippen LogP contribution is -2.32. The summed E-state index contributed by atoms with van der Waals surface area (Å²) in [4.78, 5) is 3.96. The van der Waals surface area contributed by atoms with Crippen molar-refractivity contribution in [2.24, 2.45) is 0 Å². The number of allylic oxidation sites excluding steroid dienone is 4. The van der Waals surface area contributed by atoms with Crippen LogP contribution in [0.15, 0.2) is 146 Å². The Bertz CT molecular complexity index is 2410. The zero-order valence-electron chi connectivity index (χ0n) is 27.3. The number of hydrogen-bond donors (Lipinski definition) is 0. The fourth-order valence-corrected chi connectivity index (χ4v) is 9.41. The van der Waals surface area contributed by atoms with E-state index in [4.69, 9.17) is 0 Å². The van der Waals surface area contributed by atoms with Crippen molar-refractivity contribution in [2.75, 3.05) is 11.4 Å². The van der Waals surface area contributed by atoms with Gasteiger partial charge >= 0.3 is 0 Å². The number of rotatable bonds is 6. The second-order valence-electron chi connectivity index (χ2n) is 12.6. The summed E-state index contributed by atoms with van der Waals surface area (Å²) in [6.07, 6.45) is 15.9. The Hall–Kier alpha value is -4.96. The molecule has 7 aromatic rings. The predicted octanol–water partition coefficient (Wildman–Crippen LogP) is 13.0. The van der Waals surface area contributed by atoms with Crippen LogP contribution in [0, 0.1) is 6.92 Å². The smallest absolute Gasteiger partial charge is 0.0451 e. The van der Waals surface area contributed by atoms with Crippen LogP contribution < -0.4 is 4.90 Å². The maximum atomic E-state index is 3.82. The average molecular weight is 656 g/mol. The highest BCUT2D eigenvalue weighted by Gasteiger charge is 2.21. The number of benzene rings is 5. The fraction of sp³-hybridized carbons (Fsp3) is 0.111. The van der Waals surface area contributed by atoms with Crippen LogP contribution in [0.3, 0.4) is 0 Å². The standard InChI is InChI=1S/C45H37NS2/c1-4-5-6-7-14-31(3)46-24-13-19-38-37-17-8-10-20-42(37)47-44(38)29-35-23-22-34(28-41(35)46)32-15-12-16-33(26-32)36-25-30(2)45-40(27-36)39-18-9-11-21-43(39)48-45/h4-23,25-28,31H,1,24,29H2,2-3H3/b6-5-,14-7-,19-13-. The average Bonchev–Trinajstić information content (AvgIpc) is 3.68. The molecule has 8 rings (SSSR count). The highest BCUT2D eigenvalue weighted by molar-refractivity contribution is 7.26. The first-order chi connectivity index (χ1) is 23.6. The number of aryl methyl sites for hydroxylation is 1. The summed E-state index contributed by atoms with van der Waals surface area (Å²) in [7, 11) is 0. The molecule has 1 nitrogen and oxygen atoms in total. The Kier molecular flexibility index (Phi) is 8.17. The molecule has 0 saturated carbocycles. The van der Waals surface area contributed by atoms with E-state index in [1.807, 2.05) is 34.8 Å². The van der Waals surface area contributed by atoms with E-state index in [1.165, 1.54) is 79.8 Å². The van der Waals surface area contributed by atoms with Gasteiger partial charge in [-0.1, -0.05) is 116 Å². The van der Waals surface area contributed by atoms with Crippen molar-refractivity contribution in [1.82, 2.24) is 0 Å². The molecule has 1 atom stereocenters. The van der Waals surface area contributed by atoms with Crippen LogP contribution in [0.4, 0.5) is 5.69 Å². The molecule has 0 radical (unpaired) electrons. The quantitative estimate of drug-likeness (QED) is 0.161. The van der Waals surface area contributed by atoms with Crippen molar-refractivity contribution in [2.45, 2.75) is 26.3 Å². The molecule has 0 aliphatic carbocycles. The molecule has 2 aromatic heterocycles. The summed E-state index contributed by atoms with van der Waals surface area (Å²) < 4.78 is 4.09. The van der Waals surface area contributed by atoms with Gasteiger partial charge in [0.1, 0.15) is 0 Å². The monoisotopic (exact) mass is 655 g/mol. The van der Waals surface area contributed by atoms with Crippen LogP contribution in [-0.4, -0.2) is 12.6 Å². The van der Waals surface area contributed by atoms with Crippen molar-refractivity contribution >= 4 is 64.7 Å².